The number of pyridine rings is 1. The van der Waals surface area contributed by atoms with E-state index in [1.807, 2.05) is 0 Å². The molecular weight excluding hydrogens is 280 g/mol. The summed E-state index contributed by atoms with van der Waals surface area (Å²) in [6.07, 6.45) is 3.09. The quantitative estimate of drug-likeness (QED) is 0.840. The van der Waals surface area contributed by atoms with Crippen molar-refractivity contribution in [1.29, 1.82) is 0 Å². The van der Waals surface area contributed by atoms with Crippen LogP contribution >= 0.6 is 15.9 Å². The maximum atomic E-state index is 11.5. The first kappa shape index (κ1) is 12.3. The zero-order chi connectivity index (χ0) is 11.3. The summed E-state index contributed by atoms with van der Waals surface area (Å²) in [5.74, 6) is 0.274. The van der Waals surface area contributed by atoms with Crippen molar-refractivity contribution >= 4 is 32.6 Å². The lowest BCUT2D eigenvalue weighted by atomic mass is 10.3. The Balaban J connectivity index is 2.47. The number of hydrogen-bond donors (Lipinski definition) is 1. The lowest BCUT2D eigenvalue weighted by Crippen LogP contribution is -2.27. The molecule has 0 radical (unpaired) electrons. The summed E-state index contributed by atoms with van der Waals surface area (Å²) in [5.41, 5.74) is 0.500. The minimum atomic E-state index is -0.880. The monoisotopic (exact) mass is 290 g/mol. The number of nitrogens with zero attached hydrogens (tertiary/aromatic N) is 1. The van der Waals surface area contributed by atoms with E-state index in [0.29, 0.717) is 22.5 Å². The maximum absolute atomic E-state index is 11.5. The molecule has 1 unspecified atom stereocenters. The van der Waals surface area contributed by atoms with Crippen molar-refractivity contribution in [3.63, 3.8) is 0 Å². The smallest absolute Gasteiger partial charge is 0.252 e. The van der Waals surface area contributed by atoms with Crippen LogP contribution in [0, 0.1) is 0 Å². The Hall–Kier alpha value is -0.750. The third kappa shape index (κ3) is 4.53. The summed E-state index contributed by atoms with van der Waals surface area (Å²) in [6, 6.07) is 3.38. The molecule has 0 aliphatic carbocycles. The summed E-state index contributed by atoms with van der Waals surface area (Å²) in [4.78, 5) is 15.4. The summed E-state index contributed by atoms with van der Waals surface area (Å²) in [6.45, 7) is 0.415. The average Bonchev–Trinajstić information content (AvgIpc) is 2.18. The van der Waals surface area contributed by atoms with Gasteiger partial charge in [-0.1, -0.05) is 0 Å². The Kier molecular flexibility index (Phi) is 4.90. The van der Waals surface area contributed by atoms with Crippen molar-refractivity contribution in [3.8, 4) is 0 Å². The molecule has 0 saturated carbocycles. The average molecular weight is 291 g/mol. The van der Waals surface area contributed by atoms with Gasteiger partial charge in [-0.2, -0.15) is 0 Å². The molecule has 0 aliphatic rings. The van der Waals surface area contributed by atoms with Crippen LogP contribution in [0.1, 0.15) is 10.4 Å². The van der Waals surface area contributed by atoms with Gasteiger partial charge in [-0.05, 0) is 28.1 Å². The first-order valence-electron chi connectivity index (χ1n) is 4.29. The van der Waals surface area contributed by atoms with Crippen molar-refractivity contribution in [2.75, 3.05) is 18.6 Å². The van der Waals surface area contributed by atoms with Crippen LogP contribution in [0.5, 0.6) is 0 Å². The molecule has 1 atom stereocenters. The predicted molar refractivity (Wildman–Crippen MR) is 63.2 cm³/mol. The molecule has 15 heavy (non-hydrogen) atoms. The zero-order valence-electron chi connectivity index (χ0n) is 8.20. The van der Waals surface area contributed by atoms with E-state index in [1.54, 1.807) is 18.4 Å². The van der Waals surface area contributed by atoms with E-state index in [0.717, 1.165) is 0 Å². The third-order valence-corrected chi connectivity index (χ3v) is 2.91. The van der Waals surface area contributed by atoms with Crippen LogP contribution in [0.2, 0.25) is 0 Å². The number of carbonyl (C=O) groups excluding carboxylic acids is 1. The number of carbonyl (C=O) groups is 1. The summed E-state index contributed by atoms with van der Waals surface area (Å²) in [7, 11) is -0.880. The van der Waals surface area contributed by atoms with Gasteiger partial charge in [0.05, 0.1) is 5.56 Å². The highest BCUT2D eigenvalue weighted by atomic mass is 79.9. The highest BCUT2D eigenvalue weighted by Gasteiger charge is 2.04. The first-order valence-corrected chi connectivity index (χ1v) is 6.81. The highest BCUT2D eigenvalue weighted by Crippen LogP contribution is 2.05. The summed E-state index contributed by atoms with van der Waals surface area (Å²) < 4.78 is 11.4. The van der Waals surface area contributed by atoms with Crippen molar-refractivity contribution in [3.05, 3.63) is 28.5 Å². The number of hydrogen-bond acceptors (Lipinski definition) is 3. The Bertz CT molecular complexity index is 367. The van der Waals surface area contributed by atoms with E-state index in [2.05, 4.69) is 26.2 Å². The molecule has 0 bridgehead atoms. The lowest BCUT2D eigenvalue weighted by molar-refractivity contribution is 0.0956. The van der Waals surface area contributed by atoms with E-state index < -0.39 is 10.8 Å². The molecule has 1 heterocycles. The summed E-state index contributed by atoms with van der Waals surface area (Å²) >= 11 is 3.18. The van der Waals surface area contributed by atoms with Gasteiger partial charge in [0.2, 0.25) is 0 Å². The largest absolute Gasteiger partial charge is 0.351 e. The van der Waals surface area contributed by atoms with E-state index in [1.165, 1.54) is 6.20 Å². The predicted octanol–water partition coefficient (Wildman–Crippen LogP) is 0.952. The molecule has 1 rings (SSSR count). The van der Waals surface area contributed by atoms with Crippen LogP contribution in [0.4, 0.5) is 0 Å². The Morgan fingerprint density at radius 3 is 2.87 bits per heavy atom. The number of aromatic nitrogens is 1. The number of halogens is 1. The van der Waals surface area contributed by atoms with E-state index in [-0.39, 0.29) is 5.91 Å². The highest BCUT2D eigenvalue weighted by molar-refractivity contribution is 9.10. The molecule has 0 spiro atoms. The van der Waals surface area contributed by atoms with Crippen LogP contribution in [0.3, 0.4) is 0 Å². The van der Waals surface area contributed by atoms with Gasteiger partial charge in [-0.15, -0.1) is 0 Å². The van der Waals surface area contributed by atoms with Crippen LogP contribution in [-0.4, -0.2) is 33.7 Å². The molecule has 0 aliphatic heterocycles. The SMILES string of the molecule is CS(=O)CCNC(=O)c1ccc(Br)nc1. The molecule has 0 saturated heterocycles. The summed E-state index contributed by atoms with van der Waals surface area (Å²) in [5, 5.41) is 2.66. The molecule has 1 amide bonds. The molecule has 1 aromatic heterocycles. The topological polar surface area (TPSA) is 59.1 Å². The Labute approximate surface area is 99.1 Å². The van der Waals surface area contributed by atoms with E-state index >= 15 is 0 Å². The number of rotatable bonds is 4. The Morgan fingerprint density at radius 1 is 1.60 bits per heavy atom. The molecule has 1 aromatic rings. The van der Waals surface area contributed by atoms with Gasteiger partial charge in [0.25, 0.3) is 5.91 Å². The molecule has 0 aromatic carbocycles. The van der Waals surface area contributed by atoms with Gasteiger partial charge >= 0.3 is 0 Å². The zero-order valence-corrected chi connectivity index (χ0v) is 10.6. The minimum Gasteiger partial charge on any atom is -0.351 e. The number of amides is 1. The third-order valence-electron chi connectivity index (χ3n) is 1.66. The molecule has 4 nitrogen and oxygen atoms in total. The fourth-order valence-corrected chi connectivity index (χ4v) is 1.54. The van der Waals surface area contributed by atoms with Gasteiger partial charge in [0, 0.05) is 35.5 Å². The van der Waals surface area contributed by atoms with E-state index in [9.17, 15) is 9.00 Å². The molecular formula is C9H11BrN2O2S. The lowest BCUT2D eigenvalue weighted by Gasteiger charge is -2.03. The molecule has 0 fully saturated rings. The van der Waals surface area contributed by atoms with Crippen LogP contribution in [0.15, 0.2) is 22.9 Å². The van der Waals surface area contributed by atoms with Crippen LogP contribution in [0.25, 0.3) is 0 Å². The molecule has 6 heteroatoms. The normalized spacial score (nSPS) is 12.1. The second kappa shape index (κ2) is 5.97. The van der Waals surface area contributed by atoms with Gasteiger partial charge in [0.1, 0.15) is 4.60 Å². The van der Waals surface area contributed by atoms with Crippen LogP contribution in [-0.2, 0) is 10.8 Å². The van der Waals surface area contributed by atoms with Crippen LogP contribution < -0.4 is 5.32 Å². The second-order valence-corrected chi connectivity index (χ2v) is 5.27. The van der Waals surface area contributed by atoms with Gasteiger partial charge in [-0.3, -0.25) is 9.00 Å². The molecule has 82 valence electrons. The van der Waals surface area contributed by atoms with Crippen molar-refractivity contribution < 1.29 is 9.00 Å². The van der Waals surface area contributed by atoms with E-state index in [4.69, 9.17) is 0 Å². The van der Waals surface area contributed by atoms with Crippen molar-refractivity contribution in [2.24, 2.45) is 0 Å². The minimum absolute atomic E-state index is 0.194. The molecule has 1 N–H and O–H groups in total. The van der Waals surface area contributed by atoms with Gasteiger partial charge in [0.15, 0.2) is 0 Å². The van der Waals surface area contributed by atoms with Crippen molar-refractivity contribution in [2.45, 2.75) is 0 Å². The van der Waals surface area contributed by atoms with Crippen molar-refractivity contribution in [1.82, 2.24) is 10.3 Å². The fraction of sp³-hybridized carbons (Fsp3) is 0.333. The first-order chi connectivity index (χ1) is 7.09. The fourth-order valence-electron chi connectivity index (χ4n) is 0.920. The standard InChI is InChI=1S/C9H11BrN2O2S/c1-15(14)5-4-11-9(13)7-2-3-8(10)12-6-7/h2-3,6H,4-5H2,1H3,(H,11,13). The maximum Gasteiger partial charge on any atom is 0.252 e. The van der Waals surface area contributed by atoms with Gasteiger partial charge in [-0.25, -0.2) is 4.98 Å². The van der Waals surface area contributed by atoms with Gasteiger partial charge < -0.3 is 5.32 Å². The second-order valence-electron chi connectivity index (χ2n) is 2.90. The number of nitrogens with one attached hydrogen (secondary N) is 1. The Morgan fingerprint density at radius 2 is 2.33 bits per heavy atom.